The first-order valence-electron chi connectivity index (χ1n) is 10.5. The van der Waals surface area contributed by atoms with Crippen LogP contribution in [0.5, 0.6) is 0 Å². The number of ether oxygens (including phenoxy) is 1. The van der Waals surface area contributed by atoms with Crippen molar-refractivity contribution in [1.82, 2.24) is 0 Å². The molecule has 0 aromatic heterocycles. The van der Waals surface area contributed by atoms with Crippen molar-refractivity contribution >= 4 is 24.4 Å². The average molecular weight is 399 g/mol. The molecular formula is C26H26NOP. The van der Waals surface area contributed by atoms with E-state index in [0.29, 0.717) is 18.2 Å². The van der Waals surface area contributed by atoms with Gasteiger partial charge in [0.1, 0.15) is 12.6 Å². The molecule has 3 heteroatoms. The minimum Gasteiger partial charge on any atom is -0.478 e. The first-order chi connectivity index (χ1) is 14.4. The third-order valence-electron chi connectivity index (χ3n) is 6.05. The molecule has 3 atom stereocenters. The third kappa shape index (κ3) is 3.87. The number of hydrogen-bond acceptors (Lipinski definition) is 2. The largest absolute Gasteiger partial charge is 0.478 e. The van der Waals surface area contributed by atoms with E-state index in [0.717, 1.165) is 5.90 Å². The molecular weight excluding hydrogens is 373 g/mol. The summed E-state index contributed by atoms with van der Waals surface area (Å²) < 4.78 is 6.22. The number of rotatable bonds is 5. The summed E-state index contributed by atoms with van der Waals surface area (Å²) in [7, 11) is -0.437. The van der Waals surface area contributed by atoms with Crippen LogP contribution in [0.15, 0.2) is 96.0 Å². The molecule has 0 bridgehead atoms. The normalized spacial score (nSPS) is 23.8. The predicted molar refractivity (Wildman–Crippen MR) is 123 cm³/mol. The highest BCUT2D eigenvalue weighted by molar-refractivity contribution is 7.73. The zero-order chi connectivity index (χ0) is 19.5. The van der Waals surface area contributed by atoms with E-state index in [1.165, 1.54) is 35.4 Å². The van der Waals surface area contributed by atoms with E-state index >= 15 is 0 Å². The molecule has 29 heavy (non-hydrogen) atoms. The van der Waals surface area contributed by atoms with Crippen molar-refractivity contribution in [2.24, 2.45) is 10.9 Å². The van der Waals surface area contributed by atoms with Crippen LogP contribution < -0.4 is 10.6 Å². The van der Waals surface area contributed by atoms with Crippen LogP contribution in [0.3, 0.4) is 0 Å². The van der Waals surface area contributed by atoms with E-state index in [-0.39, 0.29) is 6.04 Å². The minimum atomic E-state index is -0.437. The summed E-state index contributed by atoms with van der Waals surface area (Å²) >= 11 is 0. The zero-order valence-electron chi connectivity index (χ0n) is 16.5. The van der Waals surface area contributed by atoms with Crippen molar-refractivity contribution < 1.29 is 4.74 Å². The maximum Gasteiger partial charge on any atom is 0.187 e. The third-order valence-corrected chi connectivity index (χ3v) is 9.04. The van der Waals surface area contributed by atoms with E-state index < -0.39 is 7.92 Å². The molecule has 0 saturated heterocycles. The fourth-order valence-corrected chi connectivity index (χ4v) is 7.82. The van der Waals surface area contributed by atoms with Crippen molar-refractivity contribution in [3.8, 4) is 0 Å². The lowest BCUT2D eigenvalue weighted by molar-refractivity contribution is 0.299. The Bertz CT molecular complexity index is 918. The fourth-order valence-electron chi connectivity index (χ4n) is 4.69. The van der Waals surface area contributed by atoms with Gasteiger partial charge in [-0.05, 0) is 42.6 Å². The second kappa shape index (κ2) is 8.51. The molecule has 1 saturated carbocycles. The van der Waals surface area contributed by atoms with Gasteiger partial charge in [0.15, 0.2) is 5.90 Å². The lowest BCUT2D eigenvalue weighted by atomic mass is 10.1. The highest BCUT2D eigenvalue weighted by atomic mass is 31.1. The van der Waals surface area contributed by atoms with Crippen molar-refractivity contribution in [3.63, 3.8) is 0 Å². The molecule has 1 aliphatic carbocycles. The summed E-state index contributed by atoms with van der Waals surface area (Å²) in [6, 6.07) is 32.8. The number of nitrogens with zero attached hydrogens (tertiary/aromatic N) is 1. The topological polar surface area (TPSA) is 21.6 Å². The Morgan fingerprint density at radius 3 is 1.93 bits per heavy atom. The molecule has 0 amide bonds. The molecule has 1 aliphatic heterocycles. The summed E-state index contributed by atoms with van der Waals surface area (Å²) in [4.78, 5) is 5.07. The van der Waals surface area contributed by atoms with Gasteiger partial charge in [0.05, 0.1) is 0 Å². The molecule has 1 fully saturated rings. The summed E-state index contributed by atoms with van der Waals surface area (Å²) in [6.45, 7) is 0.678. The van der Waals surface area contributed by atoms with Crippen LogP contribution in [-0.2, 0) is 4.74 Å². The van der Waals surface area contributed by atoms with Crippen molar-refractivity contribution in [2.45, 2.75) is 31.0 Å². The van der Waals surface area contributed by atoms with Crippen molar-refractivity contribution in [1.29, 1.82) is 0 Å². The molecule has 2 unspecified atom stereocenters. The molecule has 3 aromatic carbocycles. The maximum absolute atomic E-state index is 6.22. The van der Waals surface area contributed by atoms with Crippen LogP contribution in [0.4, 0.5) is 0 Å². The van der Waals surface area contributed by atoms with Gasteiger partial charge in [-0.15, -0.1) is 0 Å². The molecule has 2 nitrogen and oxygen atoms in total. The zero-order valence-corrected chi connectivity index (χ0v) is 17.4. The Morgan fingerprint density at radius 2 is 1.31 bits per heavy atom. The van der Waals surface area contributed by atoms with Gasteiger partial charge in [-0.3, -0.25) is 0 Å². The van der Waals surface area contributed by atoms with Gasteiger partial charge in [-0.1, -0.05) is 97.4 Å². The number of aliphatic imine (C=N–C) groups is 1. The SMILES string of the molecule is c1ccc([C@H]2COC(C3CCCC3P(c3ccccc3)c3ccccc3)=N2)cc1. The Morgan fingerprint density at radius 1 is 0.724 bits per heavy atom. The Balaban J connectivity index is 1.47. The Labute approximate surface area is 174 Å². The van der Waals surface area contributed by atoms with E-state index in [1.807, 2.05) is 0 Å². The van der Waals surface area contributed by atoms with Crippen LogP contribution in [-0.4, -0.2) is 18.2 Å². The minimum absolute atomic E-state index is 0.145. The monoisotopic (exact) mass is 399 g/mol. The van der Waals surface area contributed by atoms with Crippen LogP contribution in [0.2, 0.25) is 0 Å². The summed E-state index contributed by atoms with van der Waals surface area (Å²) in [5, 5.41) is 2.92. The van der Waals surface area contributed by atoms with Crippen LogP contribution in [0.1, 0.15) is 30.9 Å². The van der Waals surface area contributed by atoms with Crippen molar-refractivity contribution in [2.75, 3.05) is 6.61 Å². The molecule has 1 heterocycles. The number of benzene rings is 3. The Kier molecular flexibility index (Phi) is 5.45. The molecule has 0 spiro atoms. The van der Waals surface area contributed by atoms with Gasteiger partial charge in [0.2, 0.25) is 0 Å². The molecule has 5 rings (SSSR count). The van der Waals surface area contributed by atoms with Gasteiger partial charge < -0.3 is 4.74 Å². The highest BCUT2D eigenvalue weighted by Gasteiger charge is 2.40. The van der Waals surface area contributed by atoms with Gasteiger partial charge in [0.25, 0.3) is 0 Å². The van der Waals surface area contributed by atoms with E-state index in [1.54, 1.807) is 0 Å². The fraction of sp³-hybridized carbons (Fsp3) is 0.269. The van der Waals surface area contributed by atoms with E-state index in [2.05, 4.69) is 91.0 Å². The summed E-state index contributed by atoms with van der Waals surface area (Å²) in [5.74, 6) is 1.43. The first-order valence-corrected chi connectivity index (χ1v) is 12.0. The quantitative estimate of drug-likeness (QED) is 0.522. The van der Waals surface area contributed by atoms with Gasteiger partial charge in [0, 0.05) is 5.92 Å². The maximum atomic E-state index is 6.22. The van der Waals surface area contributed by atoms with Crippen LogP contribution in [0, 0.1) is 5.92 Å². The summed E-state index contributed by atoms with van der Waals surface area (Å²) in [5.41, 5.74) is 1.84. The first kappa shape index (κ1) is 18.6. The molecule has 146 valence electrons. The number of hydrogen-bond donors (Lipinski definition) is 0. The highest BCUT2D eigenvalue weighted by Crippen LogP contribution is 2.51. The van der Waals surface area contributed by atoms with Crippen LogP contribution >= 0.6 is 7.92 Å². The van der Waals surface area contributed by atoms with Gasteiger partial charge >= 0.3 is 0 Å². The Hall–Kier alpha value is -2.44. The van der Waals surface area contributed by atoms with Crippen molar-refractivity contribution in [3.05, 3.63) is 96.6 Å². The second-order valence-electron chi connectivity index (χ2n) is 7.85. The lowest BCUT2D eigenvalue weighted by Gasteiger charge is -2.29. The van der Waals surface area contributed by atoms with Gasteiger partial charge in [-0.25, -0.2) is 4.99 Å². The summed E-state index contributed by atoms with van der Waals surface area (Å²) in [6.07, 6.45) is 3.69. The van der Waals surface area contributed by atoms with Crippen LogP contribution in [0.25, 0.3) is 0 Å². The molecule has 3 aromatic rings. The van der Waals surface area contributed by atoms with E-state index in [4.69, 9.17) is 9.73 Å². The standard InChI is InChI=1S/C26H26NOP/c1-4-11-20(12-5-1)24-19-28-26(27-24)23-17-10-18-25(23)29(21-13-6-2-7-14-21)22-15-8-3-9-16-22/h1-9,11-16,23-25H,10,17-19H2/t23?,24-,25?/m1/s1. The molecule has 0 N–H and O–H groups in total. The van der Waals surface area contributed by atoms with E-state index in [9.17, 15) is 0 Å². The predicted octanol–water partition coefficient (Wildman–Crippen LogP) is 5.46. The van der Waals surface area contributed by atoms with Gasteiger partial charge in [-0.2, -0.15) is 0 Å². The smallest absolute Gasteiger partial charge is 0.187 e. The average Bonchev–Trinajstić information content (AvgIpc) is 3.46. The second-order valence-corrected chi connectivity index (χ2v) is 10.3. The molecule has 0 radical (unpaired) electrons. The molecule has 2 aliphatic rings. The lowest BCUT2D eigenvalue weighted by Crippen LogP contribution is -2.29.